The maximum Gasteiger partial charge on any atom is 0.326 e. The number of piperidine rings is 1. The molecule has 1 aromatic heterocycles. The fraction of sp³-hybridized carbons (Fsp3) is 0.316. The van der Waals surface area contributed by atoms with Gasteiger partial charge in [-0.25, -0.2) is 0 Å². The molecular weight excluding hydrogens is 332 g/mol. The zero-order chi connectivity index (χ0) is 17.4. The van der Waals surface area contributed by atoms with Crippen LogP contribution in [0.25, 0.3) is 12.2 Å². The van der Waals surface area contributed by atoms with E-state index in [1.54, 1.807) is 0 Å². The molecule has 1 fully saturated rings. The highest BCUT2D eigenvalue weighted by atomic mass is 32.1. The Balaban J connectivity index is 1.94. The molecule has 3 heterocycles. The van der Waals surface area contributed by atoms with Gasteiger partial charge in [-0.1, -0.05) is 12.1 Å². The molecule has 3 N–H and O–H groups in total. The first-order valence-electron chi connectivity index (χ1n) is 8.62. The molecule has 2 aliphatic rings. The highest BCUT2D eigenvalue weighted by molar-refractivity contribution is 7.71. The molecule has 0 unspecified atom stereocenters. The summed E-state index contributed by atoms with van der Waals surface area (Å²) in [4.78, 5) is 10.7. The molecule has 2 aliphatic heterocycles. The highest BCUT2D eigenvalue weighted by Gasteiger charge is 2.23. The molecule has 0 aliphatic carbocycles. The van der Waals surface area contributed by atoms with Gasteiger partial charge in [-0.2, -0.15) is 0 Å². The Morgan fingerprint density at radius 1 is 1.20 bits per heavy atom. The van der Waals surface area contributed by atoms with E-state index in [0.717, 1.165) is 35.1 Å². The molecule has 25 heavy (non-hydrogen) atoms. The van der Waals surface area contributed by atoms with Crippen molar-refractivity contribution in [1.82, 2.24) is 9.97 Å². The molecule has 0 amide bonds. The molecule has 0 radical (unpaired) electrons. The molecule has 5 nitrogen and oxygen atoms in total. The Morgan fingerprint density at radius 3 is 2.72 bits per heavy atom. The number of aromatic nitrogens is 2. The molecule has 2 aromatic rings. The average molecular weight is 353 g/mol. The summed E-state index contributed by atoms with van der Waals surface area (Å²) in [6.07, 6.45) is 7.69. The van der Waals surface area contributed by atoms with E-state index in [4.69, 9.17) is 17.2 Å². The lowest BCUT2D eigenvalue weighted by molar-refractivity contribution is -0.537. The van der Waals surface area contributed by atoms with Gasteiger partial charge in [-0.15, -0.1) is 0 Å². The summed E-state index contributed by atoms with van der Waals surface area (Å²) in [5, 5.41) is 12.1. The fourth-order valence-corrected chi connectivity index (χ4v) is 3.60. The first-order chi connectivity index (χ1) is 12.1. The number of rotatable bonds is 1. The summed E-state index contributed by atoms with van der Waals surface area (Å²) >= 11 is 5.07. The number of aromatic hydroxyl groups is 1. The van der Waals surface area contributed by atoms with Crippen LogP contribution in [0.15, 0.2) is 28.8 Å². The van der Waals surface area contributed by atoms with Crippen LogP contribution in [0.2, 0.25) is 0 Å². The van der Waals surface area contributed by atoms with Crippen molar-refractivity contribution in [2.45, 2.75) is 26.2 Å². The van der Waals surface area contributed by atoms with Crippen molar-refractivity contribution in [3.8, 4) is 5.88 Å². The monoisotopic (exact) mass is 353 g/mol. The van der Waals surface area contributed by atoms with Crippen molar-refractivity contribution in [3.05, 3.63) is 50.4 Å². The van der Waals surface area contributed by atoms with Crippen molar-refractivity contribution in [1.29, 1.82) is 0 Å². The van der Waals surface area contributed by atoms with Crippen LogP contribution in [-0.4, -0.2) is 38.6 Å². The van der Waals surface area contributed by atoms with Crippen molar-refractivity contribution >= 4 is 30.2 Å². The van der Waals surface area contributed by atoms with E-state index >= 15 is 0 Å². The van der Waals surface area contributed by atoms with E-state index in [-0.39, 0.29) is 5.88 Å². The number of nitrogens with zero attached hydrogens (tertiary/aromatic N) is 2. The predicted octanol–water partition coefficient (Wildman–Crippen LogP) is 2.18. The molecule has 4 rings (SSSR count). The molecule has 1 saturated heterocycles. The van der Waals surface area contributed by atoms with E-state index in [0.29, 0.717) is 10.5 Å². The van der Waals surface area contributed by atoms with Crippen LogP contribution in [0.4, 0.5) is 0 Å². The Labute approximate surface area is 150 Å². The fourth-order valence-electron chi connectivity index (χ4n) is 3.40. The Hall–Kier alpha value is -2.47. The van der Waals surface area contributed by atoms with Crippen LogP contribution in [0.1, 0.15) is 30.5 Å². The number of aromatic amines is 2. The van der Waals surface area contributed by atoms with E-state index in [9.17, 15) is 5.11 Å². The third-order valence-electron chi connectivity index (χ3n) is 4.67. The van der Waals surface area contributed by atoms with Gasteiger partial charge < -0.3 is 15.1 Å². The number of hydrogen-bond acceptors (Lipinski definition) is 2. The predicted molar refractivity (Wildman–Crippen MR) is 101 cm³/mol. The van der Waals surface area contributed by atoms with Crippen LogP contribution < -0.4 is 10.6 Å². The number of H-pyrrole nitrogens is 2. The van der Waals surface area contributed by atoms with Crippen molar-refractivity contribution in [2.75, 3.05) is 13.1 Å². The van der Waals surface area contributed by atoms with Crippen molar-refractivity contribution < 1.29 is 9.68 Å². The summed E-state index contributed by atoms with van der Waals surface area (Å²) in [6, 6.07) is 6.30. The molecule has 0 atom stereocenters. The average Bonchev–Trinajstić information content (AvgIpc) is 2.92. The molecule has 128 valence electrons. The van der Waals surface area contributed by atoms with Gasteiger partial charge in [0.25, 0.3) is 0 Å². The summed E-state index contributed by atoms with van der Waals surface area (Å²) in [5.41, 5.74) is 2.77. The second kappa shape index (κ2) is 6.44. The summed E-state index contributed by atoms with van der Waals surface area (Å²) in [7, 11) is 0. The van der Waals surface area contributed by atoms with Gasteiger partial charge in [-0.3, -0.25) is 4.58 Å². The Morgan fingerprint density at radius 2 is 2.00 bits per heavy atom. The first kappa shape index (κ1) is 16.0. The van der Waals surface area contributed by atoms with E-state index in [1.807, 2.05) is 6.08 Å². The lowest BCUT2D eigenvalue weighted by Crippen LogP contribution is -2.36. The maximum atomic E-state index is 10.0. The largest absolute Gasteiger partial charge is 0.493 e. The number of benzene rings is 1. The standard InChI is InChI=1S/C19H20N4OS/c1-12-5-6-13-10-14(11-16-18(24)22-19(25)21-16)17(20-15(13)9-12)23-7-3-2-4-8-23/h5-6,9-11H,2-4,7-8H2,1H3,(H2,21,22,24,25)/p+1. The number of amidine groups is 1. The topological polar surface area (TPSA) is 67.2 Å². The van der Waals surface area contributed by atoms with Gasteiger partial charge in [0.15, 0.2) is 10.1 Å². The van der Waals surface area contributed by atoms with Gasteiger partial charge in [-0.05, 0) is 67.2 Å². The minimum atomic E-state index is 0.0543. The van der Waals surface area contributed by atoms with Gasteiger partial charge in [0.05, 0.1) is 18.7 Å². The number of fused-ring (bicyclic) bond motifs is 1. The minimum absolute atomic E-state index is 0.0543. The number of hydrogen-bond donors (Lipinski definition) is 3. The molecule has 0 spiro atoms. The van der Waals surface area contributed by atoms with Crippen LogP contribution in [0.3, 0.4) is 0 Å². The van der Waals surface area contributed by atoms with Crippen LogP contribution in [0, 0.1) is 11.7 Å². The lowest BCUT2D eigenvalue weighted by atomic mass is 10.1. The van der Waals surface area contributed by atoms with Gasteiger partial charge in [0, 0.05) is 5.22 Å². The third kappa shape index (κ3) is 3.22. The van der Waals surface area contributed by atoms with Crippen molar-refractivity contribution in [2.24, 2.45) is 4.99 Å². The lowest BCUT2D eigenvalue weighted by Gasteiger charge is -2.15. The smallest absolute Gasteiger partial charge is 0.326 e. The molecule has 6 heteroatoms. The normalized spacial score (nSPS) is 18.7. The SMILES string of the molecule is Cc1ccc2c(c1)=NC(=[N+]1CCCCC1)/C(=C/c1[nH]c(=S)[nH]c1O)C=2. The molecule has 1 aromatic carbocycles. The Bertz CT molecular complexity index is 1060. The molecule has 0 saturated carbocycles. The first-order valence-corrected chi connectivity index (χ1v) is 9.03. The van der Waals surface area contributed by atoms with Gasteiger partial charge >= 0.3 is 5.84 Å². The van der Waals surface area contributed by atoms with Gasteiger partial charge in [0.2, 0.25) is 5.88 Å². The number of nitrogens with one attached hydrogen (secondary N) is 2. The van der Waals surface area contributed by atoms with E-state index < -0.39 is 0 Å². The summed E-state index contributed by atoms with van der Waals surface area (Å²) in [5.74, 6) is 1.02. The van der Waals surface area contributed by atoms with Crippen molar-refractivity contribution in [3.63, 3.8) is 0 Å². The zero-order valence-corrected chi connectivity index (χ0v) is 15.0. The van der Waals surface area contributed by atoms with Crippen LogP contribution in [0.5, 0.6) is 5.88 Å². The molecule has 0 bridgehead atoms. The minimum Gasteiger partial charge on any atom is -0.493 e. The summed E-state index contributed by atoms with van der Waals surface area (Å²) < 4.78 is 2.75. The van der Waals surface area contributed by atoms with Gasteiger partial charge in [0.1, 0.15) is 5.69 Å². The number of imidazole rings is 1. The Kier molecular flexibility index (Phi) is 4.13. The zero-order valence-electron chi connectivity index (χ0n) is 14.2. The number of aryl methyl sites for hydroxylation is 1. The third-order valence-corrected chi connectivity index (χ3v) is 4.88. The molecular formula is C19H21N4OS+. The second-order valence-corrected chi connectivity index (χ2v) is 7.04. The summed E-state index contributed by atoms with van der Waals surface area (Å²) in [6.45, 7) is 4.11. The quantitative estimate of drug-likeness (QED) is 0.543. The van der Waals surface area contributed by atoms with E-state index in [1.165, 1.54) is 24.8 Å². The van der Waals surface area contributed by atoms with E-state index in [2.05, 4.69) is 45.7 Å². The second-order valence-electron chi connectivity index (χ2n) is 6.63. The van der Waals surface area contributed by atoms with Crippen LogP contribution >= 0.6 is 12.2 Å². The van der Waals surface area contributed by atoms with Crippen LogP contribution in [-0.2, 0) is 0 Å². The maximum absolute atomic E-state index is 10.0. The highest BCUT2D eigenvalue weighted by Crippen LogP contribution is 2.18.